The van der Waals surface area contributed by atoms with Crippen molar-refractivity contribution >= 4 is 23.7 Å². The predicted octanol–water partition coefficient (Wildman–Crippen LogP) is 3.25. The number of allylic oxidation sites excluding steroid dienone is 3. The van der Waals surface area contributed by atoms with E-state index in [0.717, 1.165) is 71.6 Å². The number of unbranched alkanes of at least 4 members (excludes halogenated alkanes) is 28. The zero-order valence-corrected chi connectivity index (χ0v) is 61.0. The second-order valence-corrected chi connectivity index (χ2v) is 28.3. The molecular formula is C73H131N3O26. The molecule has 0 aromatic heterocycles. The van der Waals surface area contributed by atoms with Crippen molar-refractivity contribution in [3.63, 3.8) is 0 Å². The minimum atomic E-state index is -2.95. The lowest BCUT2D eigenvalue weighted by Crippen LogP contribution is -2.69. The molecule has 0 radical (unpaired) electrons. The van der Waals surface area contributed by atoms with Crippen molar-refractivity contribution in [2.75, 3.05) is 33.0 Å². The van der Waals surface area contributed by atoms with E-state index in [-0.39, 0.29) is 12.3 Å². The molecule has 23 atom stereocenters. The first kappa shape index (κ1) is 90.9. The summed E-state index contributed by atoms with van der Waals surface area (Å²) in [5.74, 6) is -6.78. The van der Waals surface area contributed by atoms with Gasteiger partial charge in [0.2, 0.25) is 17.7 Å². The minimum absolute atomic E-state index is 0.191. The molecule has 0 saturated carbocycles. The van der Waals surface area contributed by atoms with Crippen LogP contribution < -0.4 is 16.0 Å². The van der Waals surface area contributed by atoms with Gasteiger partial charge in [-0.3, -0.25) is 14.4 Å². The van der Waals surface area contributed by atoms with Crippen molar-refractivity contribution in [3.05, 3.63) is 24.3 Å². The molecule has 0 aliphatic carbocycles. The van der Waals surface area contributed by atoms with Crippen LogP contribution >= 0.6 is 0 Å². The lowest BCUT2D eigenvalue weighted by Gasteiger charge is -2.49. The molecule has 4 saturated heterocycles. The van der Waals surface area contributed by atoms with E-state index in [2.05, 4.69) is 41.9 Å². The van der Waals surface area contributed by atoms with Crippen LogP contribution in [0.3, 0.4) is 0 Å². The number of hydrogen-bond donors (Lipinski definition) is 17. The number of aliphatic hydroxyl groups excluding tert-OH is 13. The molecule has 4 aliphatic heterocycles. The van der Waals surface area contributed by atoms with Crippen LogP contribution in [0.5, 0.6) is 0 Å². The van der Waals surface area contributed by atoms with Crippen LogP contribution in [0.4, 0.5) is 0 Å². The molecule has 4 rings (SSSR count). The topological polar surface area (TPSA) is 461 Å². The van der Waals surface area contributed by atoms with Gasteiger partial charge >= 0.3 is 5.97 Å². The van der Waals surface area contributed by atoms with Crippen molar-refractivity contribution in [1.29, 1.82) is 0 Å². The third kappa shape index (κ3) is 31.4. The van der Waals surface area contributed by atoms with E-state index in [1.54, 1.807) is 6.08 Å². The van der Waals surface area contributed by atoms with Crippen molar-refractivity contribution in [2.24, 2.45) is 0 Å². The Morgan fingerprint density at radius 3 is 1.42 bits per heavy atom. The van der Waals surface area contributed by atoms with Crippen LogP contribution in [-0.2, 0) is 57.1 Å². The van der Waals surface area contributed by atoms with E-state index in [1.165, 1.54) is 128 Å². The lowest BCUT2D eigenvalue weighted by atomic mass is 9.88. The van der Waals surface area contributed by atoms with Gasteiger partial charge in [0.15, 0.2) is 18.9 Å². The summed E-state index contributed by atoms with van der Waals surface area (Å²) in [5, 5.41) is 162. The van der Waals surface area contributed by atoms with Crippen molar-refractivity contribution in [3.8, 4) is 0 Å². The van der Waals surface area contributed by atoms with Gasteiger partial charge in [-0.1, -0.05) is 192 Å². The predicted molar refractivity (Wildman–Crippen MR) is 373 cm³/mol. The van der Waals surface area contributed by atoms with Crippen LogP contribution in [0, 0.1) is 0 Å². The Morgan fingerprint density at radius 2 is 0.951 bits per heavy atom. The van der Waals surface area contributed by atoms with Crippen LogP contribution in [-0.4, -0.2) is 269 Å². The summed E-state index contributed by atoms with van der Waals surface area (Å²) in [6.45, 7) is 2.05. The standard InChI is InChI=1S/C73H131N3O26/c1-5-7-9-11-13-15-17-19-20-21-22-23-24-25-26-28-30-32-34-36-38-40-56(85)76-49(50(82)39-37-35-33-31-29-27-18-16-14-12-10-8-6-2)45-95-70-64(91)62(89)67(53(43-78)97-70)101-71-65(92)63(90)66(54(44-79)98-71)100-69-58(75-48(4)81)61(88)60(87)55(99-69)46-96-73(72(93)94)41-51(83)57(74-47(3)80)68(102-73)59(86)52(84)42-77/h19-20,37,39,49-55,57-71,77-79,82-84,86-92H,5-18,21-36,38,40-46H2,1-4H3,(H,74,80)(H,75,81)(H,76,85)(H,93,94)/b20-19-,39-37+/t49-,50+,51?,52+,53?,54?,55?,57+,58?,59+,60-,61+,62+,63+,64?,65?,66-,67+,68?,69-,70+,71-,73+/m0/s1. The van der Waals surface area contributed by atoms with Gasteiger partial charge in [-0.05, 0) is 44.9 Å². The number of ether oxygens (including phenoxy) is 8. The molecule has 0 bridgehead atoms. The lowest BCUT2D eigenvalue weighted by molar-refractivity contribution is -0.376. The molecular weight excluding hydrogens is 1330 g/mol. The van der Waals surface area contributed by atoms with Crippen molar-refractivity contribution < 1.29 is 129 Å². The highest BCUT2D eigenvalue weighted by atomic mass is 16.8. The Labute approximate surface area is 603 Å². The normalized spacial score (nSPS) is 31.2. The highest BCUT2D eigenvalue weighted by molar-refractivity contribution is 5.77. The van der Waals surface area contributed by atoms with Crippen LogP contribution in [0.2, 0.25) is 0 Å². The Hall–Kier alpha value is -3.48. The van der Waals surface area contributed by atoms with E-state index in [1.807, 2.05) is 6.08 Å². The Balaban J connectivity index is 1.35. The number of hydrogen-bond acceptors (Lipinski definition) is 25. The number of nitrogens with one attached hydrogen (secondary N) is 3. The molecule has 4 aliphatic rings. The summed E-state index contributed by atoms with van der Waals surface area (Å²) in [4.78, 5) is 50.9. The van der Waals surface area contributed by atoms with Crippen molar-refractivity contribution in [1.82, 2.24) is 16.0 Å². The van der Waals surface area contributed by atoms with Gasteiger partial charge in [-0.2, -0.15) is 0 Å². The first-order valence-electron chi connectivity index (χ1n) is 38.2. The molecule has 0 aromatic rings. The maximum Gasteiger partial charge on any atom is 0.364 e. The second kappa shape index (κ2) is 51.0. The maximum absolute atomic E-state index is 13.5. The molecule has 29 nitrogen and oxygen atoms in total. The number of carboxylic acid groups (broad SMARTS) is 1. The summed E-state index contributed by atoms with van der Waals surface area (Å²) < 4.78 is 46.8. The fourth-order valence-corrected chi connectivity index (χ4v) is 13.5. The molecule has 594 valence electrons. The second-order valence-electron chi connectivity index (χ2n) is 28.3. The number of aliphatic carboxylic acids is 1. The first-order valence-corrected chi connectivity index (χ1v) is 38.2. The first-order chi connectivity index (χ1) is 49.0. The van der Waals surface area contributed by atoms with Gasteiger partial charge in [0, 0.05) is 26.7 Å². The van der Waals surface area contributed by atoms with Gasteiger partial charge in [0.05, 0.1) is 57.3 Å². The molecule has 4 heterocycles. The van der Waals surface area contributed by atoms with Gasteiger partial charge in [0.1, 0.15) is 91.5 Å². The summed E-state index contributed by atoms with van der Waals surface area (Å²) in [6.07, 6.45) is 7.49. The molecule has 3 amide bonds. The summed E-state index contributed by atoms with van der Waals surface area (Å²) >= 11 is 0. The van der Waals surface area contributed by atoms with Crippen LogP contribution in [0.1, 0.15) is 240 Å². The smallest absolute Gasteiger partial charge is 0.364 e. The largest absolute Gasteiger partial charge is 0.477 e. The maximum atomic E-state index is 13.5. The Morgan fingerprint density at radius 1 is 0.520 bits per heavy atom. The number of carbonyl (C=O) groups is 4. The summed E-state index contributed by atoms with van der Waals surface area (Å²) in [6, 6.07) is -4.33. The zero-order chi connectivity index (χ0) is 75.0. The zero-order valence-electron chi connectivity index (χ0n) is 61.0. The number of rotatable bonds is 54. The number of aliphatic hydroxyl groups is 13. The third-order valence-electron chi connectivity index (χ3n) is 19.6. The average Bonchev–Trinajstić information content (AvgIpc) is 0.772. The Bertz CT molecular complexity index is 2330. The highest BCUT2D eigenvalue weighted by Gasteiger charge is 2.58. The summed E-state index contributed by atoms with van der Waals surface area (Å²) in [5.41, 5.74) is 0. The van der Waals surface area contributed by atoms with Gasteiger partial charge in [-0.15, -0.1) is 0 Å². The van der Waals surface area contributed by atoms with E-state index < -0.39 is 198 Å². The van der Waals surface area contributed by atoms with Crippen LogP contribution in [0.15, 0.2) is 24.3 Å². The number of carbonyl (C=O) groups excluding carboxylic acids is 3. The monoisotopic (exact) mass is 1470 g/mol. The molecule has 29 heteroatoms. The SMILES string of the molecule is CCCCCCCC/C=C\CCCCCCCCCCCCCC(=O)N[C@@H](CO[C@@H]1OC(CO)[C@@H](O[C@@H]2OC(CO)[C@H](O[C@@H]3OC(CO[C@]4(C(=O)O)CC(O)[C@@H](NC(C)=O)C([C@H](O)[C@H](O)CO)O4)[C@H](O)[C@H](O)C3NC(C)=O)[C@H](O)C2O)[C@H](O)C1O)[C@H](O)/C=C/CCCCCCCCCCCCC. The molecule has 8 unspecified atom stereocenters. The van der Waals surface area contributed by atoms with E-state index >= 15 is 0 Å². The van der Waals surface area contributed by atoms with Crippen molar-refractivity contribution in [2.45, 2.75) is 380 Å². The van der Waals surface area contributed by atoms with Gasteiger partial charge in [-0.25, -0.2) is 4.79 Å². The number of carboxylic acids is 1. The molecule has 0 spiro atoms. The average molecular weight is 1470 g/mol. The quantitative estimate of drug-likeness (QED) is 0.0307. The minimum Gasteiger partial charge on any atom is -0.477 e. The number of amides is 3. The highest BCUT2D eigenvalue weighted by Crippen LogP contribution is 2.37. The van der Waals surface area contributed by atoms with Gasteiger partial charge < -0.3 is 125 Å². The fourth-order valence-electron chi connectivity index (χ4n) is 13.5. The molecule has 17 N–H and O–H groups in total. The van der Waals surface area contributed by atoms with Crippen LogP contribution in [0.25, 0.3) is 0 Å². The van der Waals surface area contributed by atoms with Gasteiger partial charge in [0.25, 0.3) is 5.79 Å². The summed E-state index contributed by atoms with van der Waals surface area (Å²) in [7, 11) is 0. The Kier molecular flexibility index (Phi) is 45.4. The fraction of sp³-hybridized carbons (Fsp3) is 0.890. The molecule has 4 fully saturated rings. The molecule has 102 heavy (non-hydrogen) atoms. The molecule has 0 aromatic carbocycles. The third-order valence-corrected chi connectivity index (χ3v) is 19.6. The van der Waals surface area contributed by atoms with E-state index in [0.29, 0.717) is 12.8 Å². The van der Waals surface area contributed by atoms with E-state index in [4.69, 9.17) is 37.9 Å². The van der Waals surface area contributed by atoms with E-state index in [9.17, 15) is 90.7 Å².